The van der Waals surface area contributed by atoms with Crippen LogP contribution in [0.25, 0.3) is 0 Å². The second-order valence-corrected chi connectivity index (χ2v) is 7.10. The first-order chi connectivity index (χ1) is 13.8. The number of hydrogen-bond donors (Lipinski definition) is 3. The van der Waals surface area contributed by atoms with E-state index in [0.717, 1.165) is 23.4 Å². The Labute approximate surface area is 171 Å². The number of Topliss-reactive ketones (excluding diaryl/α,β-unsaturated/α-hetero) is 1. The maximum Gasteiger partial charge on any atom is 0.303 e. The van der Waals surface area contributed by atoms with Crippen LogP contribution in [0.4, 0.5) is 0 Å². The first-order valence-electron chi connectivity index (χ1n) is 9.90. The second-order valence-electron chi connectivity index (χ2n) is 7.10. The van der Waals surface area contributed by atoms with Crippen molar-refractivity contribution in [2.45, 2.75) is 64.3 Å². The standard InChI is InChI=1S/C21H31N3O5/c1-16(25)15-18(23-19(26)11-7-2-3-8-12-20(27)28)21(29)24(22)14-13-17-9-5-4-6-10-17/h4-6,9-10,18H,2-3,7-8,11-15,22H2,1H3,(H,23,26)(H,27,28)/t18-/m1/s1. The normalized spacial score (nSPS) is 11.5. The topological polar surface area (TPSA) is 130 Å². The lowest BCUT2D eigenvalue weighted by atomic mass is 10.1. The van der Waals surface area contributed by atoms with Crippen LogP contribution in [0.3, 0.4) is 0 Å². The van der Waals surface area contributed by atoms with E-state index in [1.807, 2.05) is 30.3 Å². The molecule has 0 bridgehead atoms. The van der Waals surface area contributed by atoms with E-state index in [1.165, 1.54) is 6.92 Å². The lowest BCUT2D eigenvalue weighted by molar-refractivity contribution is -0.138. The summed E-state index contributed by atoms with van der Waals surface area (Å²) < 4.78 is 0. The number of hydrogen-bond acceptors (Lipinski definition) is 5. The monoisotopic (exact) mass is 405 g/mol. The molecule has 8 heteroatoms. The number of amides is 2. The molecule has 0 unspecified atom stereocenters. The number of carboxylic acids is 1. The summed E-state index contributed by atoms with van der Waals surface area (Å²) in [4.78, 5) is 46.7. The second kappa shape index (κ2) is 13.4. The molecule has 0 aliphatic heterocycles. The third-order valence-electron chi connectivity index (χ3n) is 4.44. The fourth-order valence-electron chi connectivity index (χ4n) is 2.87. The van der Waals surface area contributed by atoms with Gasteiger partial charge in [-0.05, 0) is 31.7 Å². The fourth-order valence-corrected chi connectivity index (χ4v) is 2.87. The molecule has 0 saturated heterocycles. The van der Waals surface area contributed by atoms with Crippen LogP contribution < -0.4 is 11.2 Å². The van der Waals surface area contributed by atoms with Crippen molar-refractivity contribution in [1.82, 2.24) is 10.3 Å². The van der Waals surface area contributed by atoms with Crippen molar-refractivity contribution in [2.75, 3.05) is 6.54 Å². The molecule has 8 nitrogen and oxygen atoms in total. The third-order valence-corrected chi connectivity index (χ3v) is 4.44. The van der Waals surface area contributed by atoms with Crippen LogP contribution in [0, 0.1) is 0 Å². The number of nitrogens with one attached hydrogen (secondary N) is 1. The molecule has 0 fully saturated rings. The van der Waals surface area contributed by atoms with E-state index in [2.05, 4.69) is 5.32 Å². The van der Waals surface area contributed by atoms with Crippen molar-refractivity contribution < 1.29 is 24.3 Å². The van der Waals surface area contributed by atoms with Crippen LogP contribution in [0.5, 0.6) is 0 Å². The predicted octanol–water partition coefficient (Wildman–Crippen LogP) is 1.82. The van der Waals surface area contributed by atoms with Crippen LogP contribution in [-0.4, -0.2) is 46.3 Å². The summed E-state index contributed by atoms with van der Waals surface area (Å²) in [7, 11) is 0. The molecule has 0 heterocycles. The van der Waals surface area contributed by atoms with Gasteiger partial charge in [-0.3, -0.25) is 24.2 Å². The molecule has 0 spiro atoms. The van der Waals surface area contributed by atoms with E-state index in [9.17, 15) is 19.2 Å². The molecule has 0 aliphatic carbocycles. The number of unbranched alkanes of at least 4 members (excludes halogenated alkanes) is 3. The zero-order chi connectivity index (χ0) is 21.6. The van der Waals surface area contributed by atoms with Gasteiger partial charge in [0.25, 0.3) is 5.91 Å². The van der Waals surface area contributed by atoms with Crippen molar-refractivity contribution >= 4 is 23.6 Å². The number of carbonyl (C=O) groups excluding carboxylic acids is 3. The molecule has 0 aromatic heterocycles. The number of aliphatic carboxylic acids is 1. The van der Waals surface area contributed by atoms with E-state index >= 15 is 0 Å². The minimum Gasteiger partial charge on any atom is -0.481 e. The summed E-state index contributed by atoms with van der Waals surface area (Å²) in [6.45, 7) is 1.64. The van der Waals surface area contributed by atoms with Gasteiger partial charge in [-0.2, -0.15) is 0 Å². The molecule has 160 valence electrons. The number of nitrogens with zero attached hydrogens (tertiary/aromatic N) is 1. The van der Waals surface area contributed by atoms with Crippen molar-refractivity contribution in [3.63, 3.8) is 0 Å². The highest BCUT2D eigenvalue weighted by molar-refractivity contribution is 5.91. The highest BCUT2D eigenvalue weighted by atomic mass is 16.4. The van der Waals surface area contributed by atoms with E-state index in [4.69, 9.17) is 10.9 Å². The van der Waals surface area contributed by atoms with Gasteiger partial charge < -0.3 is 10.4 Å². The van der Waals surface area contributed by atoms with Crippen molar-refractivity contribution in [3.8, 4) is 0 Å². The predicted molar refractivity (Wildman–Crippen MR) is 109 cm³/mol. The molecular weight excluding hydrogens is 374 g/mol. The molecule has 1 aromatic carbocycles. The van der Waals surface area contributed by atoms with Gasteiger partial charge in [-0.15, -0.1) is 0 Å². The van der Waals surface area contributed by atoms with Gasteiger partial charge in [0.05, 0.1) is 0 Å². The minimum absolute atomic E-state index is 0.109. The van der Waals surface area contributed by atoms with Gasteiger partial charge in [-0.25, -0.2) is 5.84 Å². The third kappa shape index (κ3) is 11.0. The summed E-state index contributed by atoms with van der Waals surface area (Å²) in [5, 5.41) is 12.3. The van der Waals surface area contributed by atoms with Crippen molar-refractivity contribution in [2.24, 2.45) is 5.84 Å². The highest BCUT2D eigenvalue weighted by Crippen LogP contribution is 2.07. The van der Waals surface area contributed by atoms with Crippen LogP contribution in [-0.2, 0) is 25.6 Å². The Morgan fingerprint density at radius 3 is 2.24 bits per heavy atom. The van der Waals surface area contributed by atoms with Crippen molar-refractivity contribution in [1.29, 1.82) is 0 Å². The molecular formula is C21H31N3O5. The Hall–Kier alpha value is -2.74. The molecule has 1 atom stereocenters. The van der Waals surface area contributed by atoms with Crippen molar-refractivity contribution in [3.05, 3.63) is 35.9 Å². The number of rotatable bonds is 14. The maximum absolute atomic E-state index is 12.6. The zero-order valence-corrected chi connectivity index (χ0v) is 16.9. The summed E-state index contributed by atoms with van der Waals surface area (Å²) in [5.41, 5.74) is 1.03. The number of benzene rings is 1. The molecule has 2 amide bonds. The van der Waals surface area contributed by atoms with Gasteiger partial charge in [0.15, 0.2) is 0 Å². The van der Waals surface area contributed by atoms with Crippen LogP contribution in [0.15, 0.2) is 30.3 Å². The number of hydrazine groups is 1. The summed E-state index contributed by atoms with van der Waals surface area (Å²) in [5.74, 6) is 4.01. The first-order valence-corrected chi connectivity index (χ1v) is 9.90. The average Bonchev–Trinajstić information content (AvgIpc) is 2.68. The molecule has 1 rings (SSSR count). The first kappa shape index (κ1) is 24.3. The lowest BCUT2D eigenvalue weighted by Crippen LogP contribution is -2.52. The van der Waals surface area contributed by atoms with Gasteiger partial charge in [0, 0.05) is 25.8 Å². The summed E-state index contributed by atoms with van der Waals surface area (Å²) in [6.07, 6.45) is 3.42. The maximum atomic E-state index is 12.6. The zero-order valence-electron chi connectivity index (χ0n) is 16.9. The number of carbonyl (C=O) groups is 4. The Kier molecular flexibility index (Phi) is 11.3. The Bertz CT molecular complexity index is 678. The molecule has 0 saturated carbocycles. The smallest absolute Gasteiger partial charge is 0.303 e. The largest absolute Gasteiger partial charge is 0.481 e. The number of nitrogens with two attached hydrogens (primary N) is 1. The lowest BCUT2D eigenvalue weighted by Gasteiger charge is -2.23. The molecule has 0 aliphatic rings. The van der Waals surface area contributed by atoms with Gasteiger partial charge in [0.2, 0.25) is 5.91 Å². The SMILES string of the molecule is CC(=O)C[C@@H](NC(=O)CCCCCCC(=O)O)C(=O)N(N)CCc1ccccc1. The molecule has 4 N–H and O–H groups in total. The average molecular weight is 405 g/mol. The Morgan fingerprint density at radius 2 is 1.66 bits per heavy atom. The summed E-state index contributed by atoms with van der Waals surface area (Å²) >= 11 is 0. The van der Waals surface area contributed by atoms with E-state index < -0.39 is 17.9 Å². The summed E-state index contributed by atoms with van der Waals surface area (Å²) in [6, 6.07) is 8.59. The highest BCUT2D eigenvalue weighted by Gasteiger charge is 2.25. The Morgan fingerprint density at radius 1 is 1.03 bits per heavy atom. The Balaban J connectivity index is 2.45. The number of ketones is 1. The van der Waals surface area contributed by atoms with E-state index in [1.54, 1.807) is 0 Å². The van der Waals surface area contributed by atoms with E-state index in [0.29, 0.717) is 19.3 Å². The van der Waals surface area contributed by atoms with Crippen LogP contribution in [0.2, 0.25) is 0 Å². The van der Waals surface area contributed by atoms with Gasteiger partial charge in [-0.1, -0.05) is 43.2 Å². The van der Waals surface area contributed by atoms with E-state index in [-0.39, 0.29) is 37.5 Å². The minimum atomic E-state index is -0.979. The van der Waals surface area contributed by atoms with Gasteiger partial charge >= 0.3 is 5.97 Å². The molecule has 29 heavy (non-hydrogen) atoms. The van der Waals surface area contributed by atoms with Crippen LogP contribution >= 0.6 is 0 Å². The van der Waals surface area contributed by atoms with Gasteiger partial charge in [0.1, 0.15) is 11.8 Å². The molecule has 0 radical (unpaired) electrons. The fraction of sp³-hybridized carbons (Fsp3) is 0.524. The van der Waals surface area contributed by atoms with Crippen LogP contribution in [0.1, 0.15) is 57.4 Å². The quantitative estimate of drug-likeness (QED) is 0.187. The number of carboxylic acid groups (broad SMARTS) is 1. The molecule has 1 aromatic rings.